The number of hydrogen-bond acceptors (Lipinski definition) is 2. The van der Waals surface area contributed by atoms with Gasteiger partial charge in [-0.3, -0.25) is 0 Å². The first-order valence-electron chi connectivity index (χ1n) is 5.51. The molecule has 0 aliphatic rings. The van der Waals surface area contributed by atoms with E-state index in [9.17, 15) is 13.9 Å². The molecule has 0 aromatic heterocycles. The molecule has 2 nitrogen and oxygen atoms in total. The van der Waals surface area contributed by atoms with Crippen molar-refractivity contribution in [1.82, 2.24) is 0 Å². The van der Waals surface area contributed by atoms with Crippen molar-refractivity contribution in [3.63, 3.8) is 0 Å². The highest BCUT2D eigenvalue weighted by Gasteiger charge is 2.30. The molecule has 0 bridgehead atoms. The van der Waals surface area contributed by atoms with E-state index in [0.717, 1.165) is 0 Å². The zero-order chi connectivity index (χ0) is 13.2. The summed E-state index contributed by atoms with van der Waals surface area (Å²) in [6, 6.07) is 11.0. The zero-order valence-corrected chi connectivity index (χ0v) is 9.61. The highest BCUT2D eigenvalue weighted by Crippen LogP contribution is 2.29. The molecule has 0 unspecified atom stereocenters. The summed E-state index contributed by atoms with van der Waals surface area (Å²) in [7, 11) is 0. The van der Waals surface area contributed by atoms with Crippen molar-refractivity contribution in [2.24, 2.45) is 5.73 Å². The van der Waals surface area contributed by atoms with Gasteiger partial charge in [0.15, 0.2) is 0 Å². The Balaban J connectivity index is 2.54. The molecular formula is C14H13F2NO. The second-order valence-electron chi connectivity index (χ2n) is 4.09. The van der Waals surface area contributed by atoms with Crippen molar-refractivity contribution in [3.8, 4) is 0 Å². The summed E-state index contributed by atoms with van der Waals surface area (Å²) in [6.45, 7) is -0.167. The third kappa shape index (κ3) is 2.25. The van der Waals surface area contributed by atoms with Crippen LogP contribution in [0.5, 0.6) is 0 Å². The molecular weight excluding hydrogens is 236 g/mol. The van der Waals surface area contributed by atoms with E-state index in [0.29, 0.717) is 11.1 Å². The highest BCUT2D eigenvalue weighted by atomic mass is 19.1. The lowest BCUT2D eigenvalue weighted by atomic mass is 9.86. The second-order valence-corrected chi connectivity index (χ2v) is 4.09. The Hall–Kier alpha value is -1.78. The lowest BCUT2D eigenvalue weighted by Gasteiger charge is -2.27. The fourth-order valence-corrected chi connectivity index (χ4v) is 1.89. The molecule has 3 N–H and O–H groups in total. The van der Waals surface area contributed by atoms with Crippen LogP contribution in [0, 0.1) is 11.6 Å². The molecule has 0 saturated carbocycles. The monoisotopic (exact) mass is 249 g/mol. The Morgan fingerprint density at radius 2 is 1.39 bits per heavy atom. The van der Waals surface area contributed by atoms with Crippen LogP contribution in [0.4, 0.5) is 8.78 Å². The van der Waals surface area contributed by atoms with Gasteiger partial charge in [0.25, 0.3) is 0 Å². The standard InChI is InChI=1S/C14H13F2NO/c15-12-5-1-3-10(7-12)14(18,9-17)11-4-2-6-13(16)8-11/h1-8,18H,9,17H2. The maximum absolute atomic E-state index is 13.2. The van der Waals surface area contributed by atoms with Crippen molar-refractivity contribution in [1.29, 1.82) is 0 Å². The zero-order valence-electron chi connectivity index (χ0n) is 9.61. The summed E-state index contributed by atoms with van der Waals surface area (Å²) in [4.78, 5) is 0. The van der Waals surface area contributed by atoms with Crippen LogP contribution in [-0.2, 0) is 5.60 Å². The van der Waals surface area contributed by atoms with Gasteiger partial charge in [-0.2, -0.15) is 0 Å². The largest absolute Gasteiger partial charge is 0.379 e. The number of nitrogens with two attached hydrogens (primary N) is 1. The molecule has 94 valence electrons. The molecule has 18 heavy (non-hydrogen) atoms. The fraction of sp³-hybridized carbons (Fsp3) is 0.143. The molecule has 2 aromatic rings. The van der Waals surface area contributed by atoms with Gasteiger partial charge in [-0.25, -0.2) is 8.78 Å². The molecule has 2 aromatic carbocycles. The van der Waals surface area contributed by atoms with Gasteiger partial charge >= 0.3 is 0 Å². The van der Waals surface area contributed by atoms with Gasteiger partial charge in [-0.15, -0.1) is 0 Å². The van der Waals surface area contributed by atoms with Gasteiger partial charge in [-0.05, 0) is 35.4 Å². The van der Waals surface area contributed by atoms with Gasteiger partial charge in [0.05, 0.1) is 0 Å². The minimum Gasteiger partial charge on any atom is -0.379 e. The minimum atomic E-state index is -1.59. The van der Waals surface area contributed by atoms with E-state index in [4.69, 9.17) is 5.73 Å². The van der Waals surface area contributed by atoms with Gasteiger partial charge in [0, 0.05) is 6.54 Å². The number of aliphatic hydroxyl groups is 1. The Morgan fingerprint density at radius 3 is 1.72 bits per heavy atom. The lowest BCUT2D eigenvalue weighted by molar-refractivity contribution is 0.0895. The van der Waals surface area contributed by atoms with Crippen molar-refractivity contribution in [2.45, 2.75) is 5.60 Å². The van der Waals surface area contributed by atoms with Crippen molar-refractivity contribution in [3.05, 3.63) is 71.3 Å². The molecule has 0 fully saturated rings. The normalized spacial score (nSPS) is 11.6. The Bertz CT molecular complexity index is 511. The average Bonchev–Trinajstić information content (AvgIpc) is 2.38. The quantitative estimate of drug-likeness (QED) is 0.875. The molecule has 0 heterocycles. The first-order chi connectivity index (χ1) is 8.56. The number of halogens is 2. The van der Waals surface area contributed by atoms with E-state index in [2.05, 4.69) is 0 Å². The third-order valence-corrected chi connectivity index (χ3v) is 2.90. The fourth-order valence-electron chi connectivity index (χ4n) is 1.89. The number of hydrogen-bond donors (Lipinski definition) is 2. The predicted molar refractivity (Wildman–Crippen MR) is 64.9 cm³/mol. The number of rotatable bonds is 3. The molecule has 2 rings (SSSR count). The summed E-state index contributed by atoms with van der Waals surface area (Å²) >= 11 is 0. The van der Waals surface area contributed by atoms with Crippen molar-refractivity contribution in [2.75, 3.05) is 6.54 Å². The SMILES string of the molecule is NCC(O)(c1cccc(F)c1)c1cccc(F)c1. The molecule has 0 aliphatic carbocycles. The first-order valence-corrected chi connectivity index (χ1v) is 5.51. The lowest BCUT2D eigenvalue weighted by Crippen LogP contribution is -2.36. The third-order valence-electron chi connectivity index (χ3n) is 2.90. The molecule has 0 atom stereocenters. The summed E-state index contributed by atoms with van der Waals surface area (Å²) in [5, 5.41) is 10.6. The predicted octanol–water partition coefficient (Wildman–Crippen LogP) is 2.16. The van der Waals surface area contributed by atoms with E-state index >= 15 is 0 Å². The highest BCUT2D eigenvalue weighted by molar-refractivity contribution is 5.36. The molecule has 0 spiro atoms. The molecule has 4 heteroatoms. The summed E-state index contributed by atoms with van der Waals surface area (Å²) < 4.78 is 26.4. The van der Waals surface area contributed by atoms with E-state index in [1.54, 1.807) is 12.1 Å². The average molecular weight is 249 g/mol. The first kappa shape index (κ1) is 12.7. The van der Waals surface area contributed by atoms with Gasteiger partial charge in [-0.1, -0.05) is 24.3 Å². The molecule has 0 aliphatic heterocycles. The van der Waals surface area contributed by atoms with Crippen LogP contribution < -0.4 is 5.73 Å². The Labute approximate surface area is 104 Å². The van der Waals surface area contributed by atoms with Crippen LogP contribution in [0.1, 0.15) is 11.1 Å². The van der Waals surface area contributed by atoms with Crippen LogP contribution in [0.3, 0.4) is 0 Å². The van der Waals surface area contributed by atoms with Crippen molar-refractivity contribution < 1.29 is 13.9 Å². The smallest absolute Gasteiger partial charge is 0.127 e. The summed E-state index contributed by atoms with van der Waals surface area (Å²) in [5.74, 6) is -0.952. The topological polar surface area (TPSA) is 46.2 Å². The minimum absolute atomic E-state index is 0.167. The van der Waals surface area contributed by atoms with Crippen LogP contribution in [0.25, 0.3) is 0 Å². The number of benzene rings is 2. The van der Waals surface area contributed by atoms with Gasteiger partial charge < -0.3 is 10.8 Å². The van der Waals surface area contributed by atoms with Crippen LogP contribution in [0.15, 0.2) is 48.5 Å². The van der Waals surface area contributed by atoms with E-state index in [1.165, 1.54) is 36.4 Å². The van der Waals surface area contributed by atoms with Crippen LogP contribution >= 0.6 is 0 Å². The van der Waals surface area contributed by atoms with Crippen molar-refractivity contribution >= 4 is 0 Å². The van der Waals surface area contributed by atoms with Gasteiger partial charge in [0.2, 0.25) is 0 Å². The van der Waals surface area contributed by atoms with Gasteiger partial charge in [0.1, 0.15) is 17.2 Å². The summed E-state index contributed by atoms with van der Waals surface area (Å²) in [5.41, 5.74) is 4.59. The molecule has 0 saturated heterocycles. The van der Waals surface area contributed by atoms with E-state index in [1.807, 2.05) is 0 Å². The van der Waals surface area contributed by atoms with E-state index < -0.39 is 17.2 Å². The summed E-state index contributed by atoms with van der Waals surface area (Å²) in [6.07, 6.45) is 0. The van der Waals surface area contributed by atoms with Crippen LogP contribution in [-0.4, -0.2) is 11.7 Å². The second kappa shape index (κ2) is 4.84. The maximum atomic E-state index is 13.2. The van der Waals surface area contributed by atoms with Crippen LogP contribution in [0.2, 0.25) is 0 Å². The Morgan fingerprint density at radius 1 is 0.944 bits per heavy atom. The molecule has 0 amide bonds. The van der Waals surface area contributed by atoms with E-state index in [-0.39, 0.29) is 6.54 Å². The maximum Gasteiger partial charge on any atom is 0.127 e. The Kier molecular flexibility index (Phi) is 3.41. The molecule has 0 radical (unpaired) electrons.